The van der Waals surface area contributed by atoms with Crippen LogP contribution >= 0.6 is 11.6 Å². The second-order valence-corrected chi connectivity index (χ2v) is 6.04. The van der Waals surface area contributed by atoms with Crippen molar-refractivity contribution in [2.24, 2.45) is 5.10 Å². The molecule has 8 nitrogen and oxygen atoms in total. The van der Waals surface area contributed by atoms with E-state index in [0.717, 1.165) is 4.90 Å². The van der Waals surface area contributed by atoms with Gasteiger partial charge in [-0.1, -0.05) is 11.6 Å². The Morgan fingerprint density at radius 2 is 2.14 bits per heavy atom. The number of nitrogens with one attached hydrogen (secondary N) is 1. The summed E-state index contributed by atoms with van der Waals surface area (Å²) in [5.74, 6) is 0.0389. The summed E-state index contributed by atoms with van der Waals surface area (Å²) < 4.78 is 5.17. The normalized spacial score (nSPS) is 17.0. The molecular formula is C13H16ClN5O3. The van der Waals surface area contributed by atoms with Crippen molar-refractivity contribution >= 4 is 35.1 Å². The molecule has 1 aromatic rings. The number of imide groups is 1. The van der Waals surface area contributed by atoms with Crippen LogP contribution in [0.5, 0.6) is 0 Å². The first-order valence-electron chi connectivity index (χ1n) is 6.57. The maximum absolute atomic E-state index is 11.9. The van der Waals surface area contributed by atoms with Gasteiger partial charge in [0.2, 0.25) is 5.91 Å². The number of likely N-dealkylation sites (tertiary alicyclic amines) is 1. The summed E-state index contributed by atoms with van der Waals surface area (Å²) in [5, 5.41) is 4.32. The number of halogens is 1. The lowest BCUT2D eigenvalue weighted by molar-refractivity contribution is -0.126. The zero-order valence-electron chi connectivity index (χ0n) is 12.5. The number of amides is 2. The molecule has 1 saturated heterocycles. The van der Waals surface area contributed by atoms with E-state index < -0.39 is 11.7 Å². The molecule has 2 heterocycles. The second kappa shape index (κ2) is 6.27. The number of ether oxygens (including phenoxy) is 1. The van der Waals surface area contributed by atoms with Gasteiger partial charge in [0.25, 0.3) is 0 Å². The first kappa shape index (κ1) is 16.2. The van der Waals surface area contributed by atoms with Gasteiger partial charge in [-0.2, -0.15) is 5.10 Å². The average molecular weight is 326 g/mol. The SMILES string of the molecule is CC(C)(C)OC(=O)N1C/C(=N/Nc2cnc(Cl)cn2)CC1=O. The van der Waals surface area contributed by atoms with Gasteiger partial charge in [-0.25, -0.2) is 19.7 Å². The van der Waals surface area contributed by atoms with Crippen LogP contribution in [0, 0.1) is 0 Å². The highest BCUT2D eigenvalue weighted by Gasteiger charge is 2.34. The second-order valence-electron chi connectivity index (χ2n) is 5.65. The van der Waals surface area contributed by atoms with Gasteiger partial charge in [0.1, 0.15) is 10.8 Å². The van der Waals surface area contributed by atoms with Crippen LogP contribution in [0.2, 0.25) is 5.15 Å². The Balaban J connectivity index is 1.98. The standard InChI is InChI=1S/C13H16ClN5O3/c1-13(2,3)22-12(21)19-7-8(4-11(19)20)17-18-10-6-15-9(14)5-16-10/h5-6H,4,7H2,1-3H3,(H,16,18)/b17-8+. The predicted molar refractivity (Wildman–Crippen MR) is 80.7 cm³/mol. The van der Waals surface area contributed by atoms with Gasteiger partial charge in [0.15, 0.2) is 5.82 Å². The van der Waals surface area contributed by atoms with Crippen molar-refractivity contribution in [3.8, 4) is 0 Å². The molecule has 2 amide bonds. The third-order valence-corrected chi connectivity index (χ3v) is 2.75. The number of rotatable bonds is 2. The van der Waals surface area contributed by atoms with Crippen molar-refractivity contribution in [2.75, 3.05) is 12.0 Å². The van der Waals surface area contributed by atoms with E-state index >= 15 is 0 Å². The molecule has 0 unspecified atom stereocenters. The third-order valence-electron chi connectivity index (χ3n) is 2.56. The summed E-state index contributed by atoms with van der Waals surface area (Å²) in [6.45, 7) is 5.30. The molecule has 1 fully saturated rings. The van der Waals surface area contributed by atoms with Crippen molar-refractivity contribution in [1.29, 1.82) is 0 Å². The topological polar surface area (TPSA) is 96.8 Å². The lowest BCUT2D eigenvalue weighted by Gasteiger charge is -2.22. The molecule has 0 aromatic carbocycles. The fourth-order valence-electron chi connectivity index (χ4n) is 1.66. The fourth-order valence-corrected chi connectivity index (χ4v) is 1.76. The predicted octanol–water partition coefficient (Wildman–Crippen LogP) is 2.07. The van der Waals surface area contributed by atoms with Crippen molar-refractivity contribution in [3.05, 3.63) is 17.5 Å². The summed E-state index contributed by atoms with van der Waals surface area (Å²) in [6, 6.07) is 0. The lowest BCUT2D eigenvalue weighted by atomic mass is 10.2. The van der Waals surface area contributed by atoms with Crippen LogP contribution in [0.1, 0.15) is 27.2 Å². The van der Waals surface area contributed by atoms with Gasteiger partial charge in [-0.05, 0) is 20.8 Å². The van der Waals surface area contributed by atoms with Gasteiger partial charge in [0.05, 0.1) is 31.1 Å². The zero-order valence-corrected chi connectivity index (χ0v) is 13.2. The van der Waals surface area contributed by atoms with Crippen molar-refractivity contribution in [3.63, 3.8) is 0 Å². The van der Waals surface area contributed by atoms with E-state index in [1.807, 2.05) is 0 Å². The Kier molecular flexibility index (Phi) is 4.60. The monoisotopic (exact) mass is 325 g/mol. The molecular weight excluding hydrogens is 310 g/mol. The first-order chi connectivity index (χ1) is 10.2. The third kappa shape index (κ3) is 4.39. The quantitative estimate of drug-likeness (QED) is 0.836. The van der Waals surface area contributed by atoms with Crippen LogP contribution in [-0.4, -0.2) is 44.7 Å². The van der Waals surface area contributed by atoms with Gasteiger partial charge >= 0.3 is 6.09 Å². The van der Waals surface area contributed by atoms with Crippen molar-refractivity contribution in [1.82, 2.24) is 14.9 Å². The van der Waals surface area contributed by atoms with Gasteiger partial charge in [-0.15, -0.1) is 0 Å². The van der Waals surface area contributed by atoms with E-state index in [-0.39, 0.29) is 24.0 Å². The molecule has 0 saturated carbocycles. The van der Waals surface area contributed by atoms with Crippen LogP contribution < -0.4 is 5.43 Å². The molecule has 1 aliphatic rings. The molecule has 0 radical (unpaired) electrons. The zero-order chi connectivity index (χ0) is 16.3. The number of hydrazone groups is 1. The molecule has 22 heavy (non-hydrogen) atoms. The van der Waals surface area contributed by atoms with Crippen LogP contribution in [0.4, 0.5) is 10.6 Å². The Morgan fingerprint density at radius 3 is 2.73 bits per heavy atom. The van der Waals surface area contributed by atoms with Crippen molar-refractivity contribution in [2.45, 2.75) is 32.8 Å². The first-order valence-corrected chi connectivity index (χ1v) is 6.95. The summed E-state index contributed by atoms with van der Waals surface area (Å²) in [4.78, 5) is 32.6. The molecule has 0 bridgehead atoms. The number of carbonyl (C=O) groups excluding carboxylic acids is 2. The number of aromatic nitrogens is 2. The molecule has 0 aliphatic carbocycles. The summed E-state index contributed by atoms with van der Waals surface area (Å²) in [5.41, 5.74) is 2.52. The number of hydrogen-bond donors (Lipinski definition) is 1. The molecule has 2 rings (SSSR count). The Hall–Kier alpha value is -2.22. The number of carbonyl (C=O) groups is 2. The molecule has 9 heteroatoms. The van der Waals surface area contributed by atoms with Gasteiger partial charge < -0.3 is 4.74 Å². The van der Waals surface area contributed by atoms with E-state index in [0.29, 0.717) is 11.5 Å². The Labute approximate surface area is 132 Å². The highest BCUT2D eigenvalue weighted by Crippen LogP contribution is 2.15. The molecule has 1 aromatic heterocycles. The van der Waals surface area contributed by atoms with Gasteiger partial charge in [0, 0.05) is 0 Å². The molecule has 1 aliphatic heterocycles. The van der Waals surface area contributed by atoms with Crippen LogP contribution in [-0.2, 0) is 9.53 Å². The summed E-state index contributed by atoms with van der Waals surface area (Å²) in [6.07, 6.45) is 2.16. The summed E-state index contributed by atoms with van der Waals surface area (Å²) in [7, 11) is 0. The minimum atomic E-state index is -0.672. The lowest BCUT2D eigenvalue weighted by Crippen LogP contribution is -2.37. The van der Waals surface area contributed by atoms with Crippen molar-refractivity contribution < 1.29 is 14.3 Å². The molecule has 118 valence electrons. The van der Waals surface area contributed by atoms with E-state index in [1.54, 1.807) is 20.8 Å². The molecule has 0 atom stereocenters. The Bertz CT molecular complexity index is 609. The Morgan fingerprint density at radius 1 is 1.41 bits per heavy atom. The van der Waals surface area contributed by atoms with E-state index in [1.165, 1.54) is 12.4 Å². The maximum Gasteiger partial charge on any atom is 0.417 e. The van der Waals surface area contributed by atoms with E-state index in [9.17, 15) is 9.59 Å². The van der Waals surface area contributed by atoms with Crippen LogP contribution in [0.15, 0.2) is 17.5 Å². The highest BCUT2D eigenvalue weighted by atomic mass is 35.5. The largest absolute Gasteiger partial charge is 0.443 e. The van der Waals surface area contributed by atoms with Crippen LogP contribution in [0.25, 0.3) is 0 Å². The van der Waals surface area contributed by atoms with Gasteiger partial charge in [-0.3, -0.25) is 10.2 Å². The highest BCUT2D eigenvalue weighted by molar-refractivity contribution is 6.29. The number of hydrogen-bond acceptors (Lipinski definition) is 7. The summed E-state index contributed by atoms with van der Waals surface area (Å²) >= 11 is 5.62. The maximum atomic E-state index is 11.9. The molecule has 0 spiro atoms. The smallest absolute Gasteiger partial charge is 0.417 e. The number of anilines is 1. The minimum Gasteiger partial charge on any atom is -0.443 e. The van der Waals surface area contributed by atoms with E-state index in [2.05, 4.69) is 20.5 Å². The average Bonchev–Trinajstić information content (AvgIpc) is 2.77. The number of nitrogens with zero attached hydrogens (tertiary/aromatic N) is 4. The fraction of sp³-hybridized carbons (Fsp3) is 0.462. The van der Waals surface area contributed by atoms with E-state index in [4.69, 9.17) is 16.3 Å². The van der Waals surface area contributed by atoms with Crippen LogP contribution in [0.3, 0.4) is 0 Å². The minimum absolute atomic E-state index is 0.0489. The molecule has 1 N–H and O–H groups in total.